The molecule has 0 radical (unpaired) electrons. The van der Waals surface area contributed by atoms with Crippen LogP contribution in [0.4, 0.5) is 5.69 Å². The number of fused-ring (bicyclic) bond motifs is 1. The molecule has 0 bridgehead atoms. The standard InChI is InChI=1S/C14H18N2O3S/c1-19-6-2-5-15-13(17)8-10-3-4-12-11(7-10)16-14(18)9-20-12/h3-4,7H,2,5-6,8-9H2,1H3,(H,15,17)(H,16,18). The van der Waals surface area contributed by atoms with E-state index in [1.165, 1.54) is 11.8 Å². The Kier molecular flexibility index (Phi) is 5.43. The second kappa shape index (κ2) is 7.31. The molecule has 1 aromatic rings. The fourth-order valence-electron chi connectivity index (χ4n) is 1.93. The number of ether oxygens (including phenoxy) is 1. The second-order valence-corrected chi connectivity index (χ2v) is 5.56. The zero-order valence-corrected chi connectivity index (χ0v) is 12.2. The van der Waals surface area contributed by atoms with Crippen molar-refractivity contribution >= 4 is 29.3 Å². The normalized spacial score (nSPS) is 13.6. The van der Waals surface area contributed by atoms with Crippen LogP contribution < -0.4 is 10.6 Å². The fourth-order valence-corrected chi connectivity index (χ4v) is 2.72. The lowest BCUT2D eigenvalue weighted by molar-refractivity contribution is -0.120. The number of anilines is 1. The maximum Gasteiger partial charge on any atom is 0.234 e. The molecule has 0 aliphatic carbocycles. The maximum atomic E-state index is 11.8. The third-order valence-corrected chi connectivity index (χ3v) is 3.96. The topological polar surface area (TPSA) is 67.4 Å². The molecule has 0 saturated carbocycles. The van der Waals surface area contributed by atoms with Gasteiger partial charge in [0.25, 0.3) is 0 Å². The lowest BCUT2D eigenvalue weighted by Crippen LogP contribution is -2.27. The van der Waals surface area contributed by atoms with Crippen LogP contribution in [0.5, 0.6) is 0 Å². The molecule has 0 saturated heterocycles. The first-order valence-corrected chi connectivity index (χ1v) is 7.49. The van der Waals surface area contributed by atoms with Crippen LogP contribution in [-0.2, 0) is 20.7 Å². The van der Waals surface area contributed by atoms with Crippen molar-refractivity contribution in [1.82, 2.24) is 5.32 Å². The Morgan fingerprint density at radius 1 is 1.50 bits per heavy atom. The Hall–Kier alpha value is -1.53. The molecule has 0 aromatic heterocycles. The molecule has 6 heteroatoms. The average Bonchev–Trinajstić information content (AvgIpc) is 2.43. The maximum absolute atomic E-state index is 11.8. The van der Waals surface area contributed by atoms with Gasteiger partial charge in [-0.15, -0.1) is 11.8 Å². The van der Waals surface area contributed by atoms with Crippen molar-refractivity contribution in [3.63, 3.8) is 0 Å². The van der Waals surface area contributed by atoms with Crippen molar-refractivity contribution in [2.45, 2.75) is 17.7 Å². The Morgan fingerprint density at radius 2 is 2.35 bits per heavy atom. The van der Waals surface area contributed by atoms with Gasteiger partial charge in [0.2, 0.25) is 11.8 Å². The molecule has 2 rings (SSSR count). The van der Waals surface area contributed by atoms with E-state index in [-0.39, 0.29) is 11.8 Å². The molecule has 1 aliphatic heterocycles. The summed E-state index contributed by atoms with van der Waals surface area (Å²) in [4.78, 5) is 24.2. The number of rotatable bonds is 6. The van der Waals surface area contributed by atoms with E-state index in [4.69, 9.17) is 4.74 Å². The van der Waals surface area contributed by atoms with Crippen molar-refractivity contribution in [1.29, 1.82) is 0 Å². The predicted octanol–water partition coefficient (Wildman–Crippen LogP) is 1.43. The smallest absolute Gasteiger partial charge is 0.234 e. The molecule has 108 valence electrons. The summed E-state index contributed by atoms with van der Waals surface area (Å²) in [5, 5.41) is 5.67. The molecule has 1 aromatic carbocycles. The molecule has 2 amide bonds. The van der Waals surface area contributed by atoms with Crippen LogP contribution in [0.1, 0.15) is 12.0 Å². The molecule has 20 heavy (non-hydrogen) atoms. The van der Waals surface area contributed by atoms with E-state index in [1.807, 2.05) is 18.2 Å². The predicted molar refractivity (Wildman–Crippen MR) is 79.0 cm³/mol. The van der Waals surface area contributed by atoms with Gasteiger partial charge in [0, 0.05) is 25.2 Å². The summed E-state index contributed by atoms with van der Waals surface area (Å²) in [6.45, 7) is 1.26. The molecule has 2 N–H and O–H groups in total. The number of thioether (sulfide) groups is 1. The van der Waals surface area contributed by atoms with E-state index < -0.39 is 0 Å². The summed E-state index contributed by atoms with van der Waals surface area (Å²) in [6.07, 6.45) is 1.12. The van der Waals surface area contributed by atoms with E-state index in [2.05, 4.69) is 10.6 Å². The zero-order chi connectivity index (χ0) is 14.4. The van der Waals surface area contributed by atoms with Crippen LogP contribution in [0, 0.1) is 0 Å². The number of nitrogens with one attached hydrogen (secondary N) is 2. The number of carbonyl (C=O) groups is 2. The van der Waals surface area contributed by atoms with Crippen molar-refractivity contribution < 1.29 is 14.3 Å². The molecular weight excluding hydrogens is 276 g/mol. The van der Waals surface area contributed by atoms with Crippen molar-refractivity contribution in [3.8, 4) is 0 Å². The monoisotopic (exact) mass is 294 g/mol. The van der Waals surface area contributed by atoms with E-state index in [0.717, 1.165) is 22.6 Å². The van der Waals surface area contributed by atoms with Gasteiger partial charge in [-0.1, -0.05) is 6.07 Å². The molecule has 0 fully saturated rings. The van der Waals surface area contributed by atoms with Crippen molar-refractivity contribution in [2.24, 2.45) is 0 Å². The third kappa shape index (κ3) is 4.25. The lowest BCUT2D eigenvalue weighted by atomic mass is 10.1. The fraction of sp³-hybridized carbons (Fsp3) is 0.429. The van der Waals surface area contributed by atoms with Gasteiger partial charge in [-0.25, -0.2) is 0 Å². The highest BCUT2D eigenvalue weighted by atomic mass is 32.2. The molecule has 1 heterocycles. The first-order chi connectivity index (χ1) is 9.69. The van der Waals surface area contributed by atoms with Crippen LogP contribution in [0.25, 0.3) is 0 Å². The first kappa shape index (κ1) is 14.9. The van der Waals surface area contributed by atoms with E-state index in [9.17, 15) is 9.59 Å². The lowest BCUT2D eigenvalue weighted by Gasteiger charge is -2.17. The summed E-state index contributed by atoms with van der Waals surface area (Å²) in [5.41, 5.74) is 1.70. The number of methoxy groups -OCH3 is 1. The average molecular weight is 294 g/mol. The minimum absolute atomic E-state index is 0.00340. The molecule has 0 atom stereocenters. The van der Waals surface area contributed by atoms with Gasteiger partial charge >= 0.3 is 0 Å². The van der Waals surface area contributed by atoms with E-state index in [1.54, 1.807) is 7.11 Å². The quantitative estimate of drug-likeness (QED) is 0.779. The molecule has 0 spiro atoms. The Morgan fingerprint density at radius 3 is 3.15 bits per heavy atom. The summed E-state index contributed by atoms with van der Waals surface area (Å²) >= 11 is 1.52. The molecular formula is C14H18N2O3S. The number of benzene rings is 1. The third-order valence-electron chi connectivity index (χ3n) is 2.89. The SMILES string of the molecule is COCCCNC(=O)Cc1ccc2c(c1)NC(=O)CS2. The van der Waals surface area contributed by atoms with Gasteiger partial charge in [-0.2, -0.15) is 0 Å². The van der Waals surface area contributed by atoms with Crippen LogP contribution in [0.2, 0.25) is 0 Å². The van der Waals surface area contributed by atoms with Gasteiger partial charge in [0.1, 0.15) is 0 Å². The summed E-state index contributed by atoms with van der Waals surface area (Å²) in [5.74, 6) is 0.436. The number of hydrogen-bond donors (Lipinski definition) is 2. The van der Waals surface area contributed by atoms with Gasteiger partial charge in [0.05, 0.1) is 17.9 Å². The minimum Gasteiger partial charge on any atom is -0.385 e. The van der Waals surface area contributed by atoms with Crippen molar-refractivity contribution in [3.05, 3.63) is 23.8 Å². The summed E-state index contributed by atoms with van der Waals surface area (Å²) in [6, 6.07) is 5.75. The molecule has 1 aliphatic rings. The Balaban J connectivity index is 1.88. The summed E-state index contributed by atoms with van der Waals surface area (Å²) < 4.78 is 4.92. The van der Waals surface area contributed by atoms with Crippen LogP contribution in [0.3, 0.4) is 0 Å². The Labute approximate surface area is 122 Å². The highest BCUT2D eigenvalue weighted by Gasteiger charge is 2.15. The highest BCUT2D eigenvalue weighted by molar-refractivity contribution is 8.00. The van der Waals surface area contributed by atoms with Gasteiger partial charge in [0.15, 0.2) is 0 Å². The molecule has 5 nitrogen and oxygen atoms in total. The minimum atomic E-state index is -0.0177. The van der Waals surface area contributed by atoms with Gasteiger partial charge < -0.3 is 15.4 Å². The van der Waals surface area contributed by atoms with Gasteiger partial charge in [-0.3, -0.25) is 9.59 Å². The zero-order valence-electron chi connectivity index (χ0n) is 11.4. The Bertz CT molecular complexity index is 505. The van der Waals surface area contributed by atoms with Gasteiger partial charge in [-0.05, 0) is 24.1 Å². The number of hydrogen-bond acceptors (Lipinski definition) is 4. The van der Waals surface area contributed by atoms with E-state index in [0.29, 0.717) is 25.3 Å². The second-order valence-electron chi connectivity index (χ2n) is 4.54. The van der Waals surface area contributed by atoms with Crippen molar-refractivity contribution in [2.75, 3.05) is 31.3 Å². The first-order valence-electron chi connectivity index (χ1n) is 6.50. The van der Waals surface area contributed by atoms with Crippen LogP contribution >= 0.6 is 11.8 Å². The van der Waals surface area contributed by atoms with E-state index >= 15 is 0 Å². The molecule has 0 unspecified atom stereocenters. The number of amides is 2. The van der Waals surface area contributed by atoms with Crippen LogP contribution in [-0.4, -0.2) is 37.8 Å². The highest BCUT2D eigenvalue weighted by Crippen LogP contribution is 2.31. The number of carbonyl (C=O) groups excluding carboxylic acids is 2. The largest absolute Gasteiger partial charge is 0.385 e. The van der Waals surface area contributed by atoms with Crippen LogP contribution in [0.15, 0.2) is 23.1 Å². The summed E-state index contributed by atoms with van der Waals surface area (Å²) in [7, 11) is 1.64.